The lowest BCUT2D eigenvalue weighted by atomic mass is 9.79. The van der Waals surface area contributed by atoms with Crippen molar-refractivity contribution in [1.82, 2.24) is 20.2 Å². The van der Waals surface area contributed by atoms with Gasteiger partial charge in [0, 0.05) is 56.8 Å². The van der Waals surface area contributed by atoms with Crippen molar-refractivity contribution in [2.75, 3.05) is 48.0 Å². The van der Waals surface area contributed by atoms with Crippen LogP contribution < -0.4 is 20.9 Å². The SMILES string of the molecule is CN1C[C@@H](Nc2nc(N3CCC4(CC3)NC(=O)Nc3ccccc34)nc3c2[S+]([O-])CC3)CCC1=O. The standard InChI is InChI=1S/C24H29N7O3S/c1-30-14-15(6-7-19(30)32)25-21-20-18(8-13-35(20)34)26-22(28-21)31-11-9-24(10-12-31)16-4-2-3-5-17(16)27-23(33)29-24/h2-5,15H,6-14H2,1H3,(H,25,26,28)(H2,27,29,33)/t15-,35?/m0/s1. The number of nitrogens with one attached hydrogen (secondary N) is 3. The van der Waals surface area contributed by atoms with Gasteiger partial charge in [-0.1, -0.05) is 18.2 Å². The summed E-state index contributed by atoms with van der Waals surface area (Å²) in [5, 5.41) is 9.58. The molecule has 0 saturated carbocycles. The number of likely N-dealkylation sites (N-methyl/N-ethyl adjacent to an activating group) is 1. The highest BCUT2D eigenvalue weighted by atomic mass is 32.2. The van der Waals surface area contributed by atoms with Gasteiger partial charge in [-0.2, -0.15) is 4.98 Å². The molecule has 1 unspecified atom stereocenters. The largest absolute Gasteiger partial charge is 0.611 e. The highest BCUT2D eigenvalue weighted by Gasteiger charge is 2.43. The molecular weight excluding hydrogens is 466 g/mol. The van der Waals surface area contributed by atoms with Crippen molar-refractivity contribution in [3.05, 3.63) is 35.5 Å². The van der Waals surface area contributed by atoms with Gasteiger partial charge in [-0.05, 0) is 36.5 Å². The molecule has 6 rings (SSSR count). The zero-order valence-corrected chi connectivity index (χ0v) is 20.5. The van der Waals surface area contributed by atoms with E-state index in [4.69, 9.17) is 9.97 Å². The molecule has 184 valence electrons. The number of anilines is 3. The fourth-order valence-corrected chi connectivity index (χ4v) is 6.99. The zero-order valence-electron chi connectivity index (χ0n) is 19.7. The first-order valence-electron chi connectivity index (χ1n) is 12.2. The average Bonchev–Trinajstić information content (AvgIpc) is 3.23. The molecule has 5 heterocycles. The highest BCUT2D eigenvalue weighted by Crippen LogP contribution is 2.41. The Morgan fingerprint density at radius 2 is 1.97 bits per heavy atom. The normalized spacial score (nSPS) is 25.1. The molecule has 10 nitrogen and oxygen atoms in total. The predicted molar refractivity (Wildman–Crippen MR) is 133 cm³/mol. The molecule has 1 aromatic carbocycles. The van der Waals surface area contributed by atoms with Crippen LogP contribution in [0.3, 0.4) is 0 Å². The predicted octanol–water partition coefficient (Wildman–Crippen LogP) is 1.80. The number of aromatic nitrogens is 2. The van der Waals surface area contributed by atoms with Crippen molar-refractivity contribution >= 4 is 40.6 Å². The molecule has 35 heavy (non-hydrogen) atoms. The topological polar surface area (TPSA) is 126 Å². The number of rotatable bonds is 3. The summed E-state index contributed by atoms with van der Waals surface area (Å²) in [4.78, 5) is 38.5. The van der Waals surface area contributed by atoms with E-state index in [0.717, 1.165) is 36.2 Å². The average molecular weight is 496 g/mol. The Morgan fingerprint density at radius 1 is 1.17 bits per heavy atom. The number of nitrogens with zero attached hydrogens (tertiary/aromatic N) is 4. The summed E-state index contributed by atoms with van der Waals surface area (Å²) in [6.07, 6.45) is 3.36. The van der Waals surface area contributed by atoms with Crippen molar-refractivity contribution in [1.29, 1.82) is 0 Å². The fraction of sp³-hybridized carbons (Fsp3) is 0.500. The number of aryl methyl sites for hydroxylation is 1. The van der Waals surface area contributed by atoms with Crippen LogP contribution >= 0.6 is 0 Å². The van der Waals surface area contributed by atoms with Gasteiger partial charge in [0.1, 0.15) is 11.4 Å². The van der Waals surface area contributed by atoms with Crippen LogP contribution in [-0.4, -0.2) is 69.8 Å². The zero-order chi connectivity index (χ0) is 24.2. The van der Waals surface area contributed by atoms with Gasteiger partial charge in [0.05, 0.1) is 5.54 Å². The Labute approximate surface area is 207 Å². The van der Waals surface area contributed by atoms with Crippen LogP contribution in [0.4, 0.5) is 22.2 Å². The van der Waals surface area contributed by atoms with Gasteiger partial charge in [-0.25, -0.2) is 9.78 Å². The van der Waals surface area contributed by atoms with E-state index in [9.17, 15) is 14.1 Å². The van der Waals surface area contributed by atoms with Crippen molar-refractivity contribution in [3.8, 4) is 0 Å². The van der Waals surface area contributed by atoms with E-state index >= 15 is 0 Å². The van der Waals surface area contributed by atoms with Gasteiger partial charge in [0.25, 0.3) is 0 Å². The van der Waals surface area contributed by atoms with E-state index in [1.165, 1.54) is 0 Å². The molecule has 4 aliphatic rings. The molecule has 2 atom stereocenters. The number of amides is 3. The van der Waals surface area contributed by atoms with E-state index < -0.39 is 16.7 Å². The number of para-hydroxylation sites is 1. The maximum atomic E-state index is 12.7. The third-order valence-electron chi connectivity index (χ3n) is 7.59. The first kappa shape index (κ1) is 22.4. The van der Waals surface area contributed by atoms with Crippen LogP contribution in [0.25, 0.3) is 0 Å². The lowest BCUT2D eigenvalue weighted by molar-refractivity contribution is -0.132. The van der Waals surface area contributed by atoms with Crippen LogP contribution in [0.2, 0.25) is 0 Å². The number of benzene rings is 1. The quantitative estimate of drug-likeness (QED) is 0.555. The van der Waals surface area contributed by atoms with E-state index in [0.29, 0.717) is 54.9 Å². The molecule has 0 aliphatic carbocycles. The Bertz CT molecular complexity index is 1180. The number of carbonyl (C=O) groups excluding carboxylic acids is 2. The molecule has 11 heteroatoms. The van der Waals surface area contributed by atoms with Crippen LogP contribution in [0.1, 0.15) is 36.9 Å². The fourth-order valence-electron chi connectivity index (χ4n) is 5.68. The number of fused-ring (bicyclic) bond motifs is 3. The van der Waals surface area contributed by atoms with Crippen LogP contribution in [0.5, 0.6) is 0 Å². The second-order valence-electron chi connectivity index (χ2n) is 9.80. The van der Waals surface area contributed by atoms with Gasteiger partial charge >= 0.3 is 6.03 Å². The van der Waals surface area contributed by atoms with Crippen molar-refractivity contribution < 1.29 is 14.1 Å². The van der Waals surface area contributed by atoms with Gasteiger partial charge in [0.2, 0.25) is 16.8 Å². The maximum Gasteiger partial charge on any atom is 0.319 e. The maximum absolute atomic E-state index is 12.7. The molecule has 3 amide bonds. The molecular formula is C24H29N7O3S. The minimum absolute atomic E-state index is 0.0632. The molecule has 0 bridgehead atoms. The van der Waals surface area contributed by atoms with Crippen LogP contribution in [0, 0.1) is 0 Å². The summed E-state index contributed by atoms with van der Waals surface area (Å²) in [5.74, 6) is 1.97. The number of hydrogen-bond donors (Lipinski definition) is 3. The van der Waals surface area contributed by atoms with Gasteiger partial charge in [0.15, 0.2) is 5.82 Å². The molecule has 1 aromatic heterocycles. The van der Waals surface area contributed by atoms with E-state index in [1.807, 2.05) is 25.2 Å². The summed E-state index contributed by atoms with van der Waals surface area (Å²) in [6.45, 7) is 1.98. The minimum Gasteiger partial charge on any atom is -0.611 e. The number of urea groups is 1. The van der Waals surface area contributed by atoms with E-state index in [-0.39, 0.29) is 18.0 Å². The molecule has 2 fully saturated rings. The van der Waals surface area contributed by atoms with Crippen molar-refractivity contribution in [2.24, 2.45) is 0 Å². The highest BCUT2D eigenvalue weighted by molar-refractivity contribution is 7.91. The third kappa shape index (κ3) is 3.96. The molecule has 4 aliphatic heterocycles. The van der Waals surface area contributed by atoms with Crippen LogP contribution in [0.15, 0.2) is 29.2 Å². The molecule has 0 radical (unpaired) electrons. The Balaban J connectivity index is 1.25. The smallest absolute Gasteiger partial charge is 0.319 e. The van der Waals surface area contributed by atoms with E-state index in [2.05, 4.69) is 26.9 Å². The second kappa shape index (κ2) is 8.56. The summed E-state index contributed by atoms with van der Waals surface area (Å²) in [7, 11) is 1.81. The van der Waals surface area contributed by atoms with Crippen LogP contribution in [-0.2, 0) is 27.9 Å². The first-order chi connectivity index (χ1) is 16.9. The van der Waals surface area contributed by atoms with Crippen molar-refractivity contribution in [3.63, 3.8) is 0 Å². The van der Waals surface area contributed by atoms with Gasteiger partial charge in [-0.15, -0.1) is 0 Å². The lowest BCUT2D eigenvalue weighted by Gasteiger charge is -2.45. The summed E-state index contributed by atoms with van der Waals surface area (Å²) in [6, 6.07) is 7.85. The molecule has 2 aromatic rings. The van der Waals surface area contributed by atoms with E-state index in [1.54, 1.807) is 4.90 Å². The third-order valence-corrected chi connectivity index (χ3v) is 9.05. The Hall–Kier alpha value is -3.05. The number of likely N-dealkylation sites (tertiary alicyclic amines) is 1. The number of carbonyl (C=O) groups is 2. The monoisotopic (exact) mass is 495 g/mol. The van der Waals surface area contributed by atoms with Gasteiger partial charge < -0.3 is 30.3 Å². The van der Waals surface area contributed by atoms with Crippen molar-refractivity contribution in [2.45, 2.75) is 48.6 Å². The summed E-state index contributed by atoms with van der Waals surface area (Å²) >= 11 is -1.12. The summed E-state index contributed by atoms with van der Waals surface area (Å²) < 4.78 is 12.7. The molecule has 3 N–H and O–H groups in total. The summed E-state index contributed by atoms with van der Waals surface area (Å²) in [5.41, 5.74) is 2.41. The minimum atomic E-state index is -1.12. The lowest BCUT2D eigenvalue weighted by Crippen LogP contribution is -2.57. The Kier molecular flexibility index (Phi) is 5.48. The molecule has 2 saturated heterocycles. The second-order valence-corrected chi connectivity index (χ2v) is 11.3. The van der Waals surface area contributed by atoms with Gasteiger partial charge in [-0.3, -0.25) is 4.79 Å². The molecule has 1 spiro atoms. The number of piperidine rings is 2. The first-order valence-corrected chi connectivity index (χ1v) is 13.5. The number of hydrogen-bond acceptors (Lipinski definition) is 7. The Morgan fingerprint density at radius 3 is 2.77 bits per heavy atom.